The van der Waals surface area contributed by atoms with Gasteiger partial charge in [-0.1, -0.05) is 35.9 Å². The molecule has 0 aliphatic carbocycles. The molecule has 8 nitrogen and oxygen atoms in total. The highest BCUT2D eigenvalue weighted by molar-refractivity contribution is 6.33. The molecule has 0 radical (unpaired) electrons. The Kier molecular flexibility index (Phi) is 8.46. The van der Waals surface area contributed by atoms with E-state index in [-0.39, 0.29) is 22.1 Å². The number of fused-ring (bicyclic) bond motifs is 5. The van der Waals surface area contributed by atoms with E-state index in [0.29, 0.717) is 47.7 Å². The van der Waals surface area contributed by atoms with Crippen LogP contribution in [0.3, 0.4) is 0 Å². The van der Waals surface area contributed by atoms with Gasteiger partial charge in [0.15, 0.2) is 5.82 Å². The number of rotatable bonds is 9. The minimum absolute atomic E-state index is 0.193. The predicted molar refractivity (Wildman–Crippen MR) is 173 cm³/mol. The number of nitrogens with two attached hydrogens (primary N) is 1. The van der Waals surface area contributed by atoms with Gasteiger partial charge in [0.2, 0.25) is 0 Å². The molecule has 1 aromatic heterocycles. The monoisotopic (exact) mass is 618 g/mol. The summed E-state index contributed by atoms with van der Waals surface area (Å²) in [5, 5.41) is 4.54. The molecule has 4 unspecified atom stereocenters. The molecule has 0 amide bonds. The van der Waals surface area contributed by atoms with Gasteiger partial charge in [-0.15, -0.1) is 0 Å². The van der Waals surface area contributed by atoms with Crippen molar-refractivity contribution in [1.82, 2.24) is 20.2 Å². The highest BCUT2D eigenvalue weighted by Gasteiger charge is 2.37. The van der Waals surface area contributed by atoms with Gasteiger partial charge in [0.25, 0.3) is 0 Å². The average Bonchev–Trinajstić information content (AvgIpc) is 3.46. The molecular formula is C34H40ClFN6O2. The second-order valence-corrected chi connectivity index (χ2v) is 13.0. The molecule has 232 valence electrons. The number of hydrogen-bond donors (Lipinski definition) is 2. The van der Waals surface area contributed by atoms with Crippen LogP contribution >= 0.6 is 11.6 Å². The summed E-state index contributed by atoms with van der Waals surface area (Å²) in [6, 6.07) is 11.7. The van der Waals surface area contributed by atoms with Crippen molar-refractivity contribution in [3.05, 3.63) is 69.6 Å². The van der Waals surface area contributed by atoms with E-state index in [1.165, 1.54) is 12.8 Å². The Morgan fingerprint density at radius 2 is 1.89 bits per heavy atom. The second kappa shape index (κ2) is 12.6. The van der Waals surface area contributed by atoms with Crippen molar-refractivity contribution in [2.45, 2.75) is 63.2 Å². The van der Waals surface area contributed by atoms with E-state index >= 15 is 4.39 Å². The highest BCUT2D eigenvalue weighted by Crippen LogP contribution is 2.36. The fourth-order valence-corrected chi connectivity index (χ4v) is 7.50. The van der Waals surface area contributed by atoms with Crippen LogP contribution in [0.25, 0.3) is 23.1 Å². The van der Waals surface area contributed by atoms with Crippen molar-refractivity contribution < 1.29 is 13.9 Å². The third kappa shape index (κ3) is 6.03. The number of halogens is 2. The summed E-state index contributed by atoms with van der Waals surface area (Å²) < 4.78 is 28.1. The van der Waals surface area contributed by atoms with Crippen LogP contribution in [-0.4, -0.2) is 78.5 Å². The molecule has 4 saturated heterocycles. The Labute approximate surface area is 263 Å². The minimum Gasteiger partial charge on any atom is -0.463 e. The van der Waals surface area contributed by atoms with Gasteiger partial charge in [-0.2, -0.15) is 9.97 Å². The van der Waals surface area contributed by atoms with Gasteiger partial charge in [0.05, 0.1) is 24.8 Å². The fraction of sp³-hybridized carbons (Fsp3) is 0.471. The van der Waals surface area contributed by atoms with Gasteiger partial charge in [0, 0.05) is 60.4 Å². The molecule has 10 heteroatoms. The molecular weight excluding hydrogens is 579 g/mol. The lowest BCUT2D eigenvalue weighted by Crippen LogP contribution is -2.51. The van der Waals surface area contributed by atoms with E-state index in [9.17, 15) is 0 Å². The molecule has 5 heterocycles. The van der Waals surface area contributed by atoms with Gasteiger partial charge in [-0.25, -0.2) is 4.39 Å². The zero-order valence-electron chi connectivity index (χ0n) is 25.1. The highest BCUT2D eigenvalue weighted by atomic mass is 35.5. The van der Waals surface area contributed by atoms with Crippen LogP contribution in [0.5, 0.6) is 6.01 Å². The molecule has 3 N–H and O–H groups in total. The van der Waals surface area contributed by atoms with Crippen LogP contribution in [0.2, 0.25) is 5.02 Å². The first-order valence-corrected chi connectivity index (χ1v) is 16.2. The Balaban J connectivity index is 1.17. The van der Waals surface area contributed by atoms with E-state index in [2.05, 4.69) is 20.1 Å². The van der Waals surface area contributed by atoms with Crippen molar-refractivity contribution in [3.8, 4) is 6.01 Å². The molecule has 4 aliphatic heterocycles. The van der Waals surface area contributed by atoms with Crippen LogP contribution in [0.4, 0.5) is 10.2 Å². The van der Waals surface area contributed by atoms with Crippen LogP contribution in [0.1, 0.15) is 48.8 Å². The number of aryl methyl sites for hydroxylation is 1. The SMILES string of the molecule is Cc1ccccc1/C=C(N)\C=C\c1c(Cl)cc2c(N3CC4CCC(C3)N4)nc(OCCCN3C4CCC3COC4)nc2c1F. The lowest BCUT2D eigenvalue weighted by molar-refractivity contribution is -0.0161. The van der Waals surface area contributed by atoms with Crippen LogP contribution in [0.15, 0.2) is 42.1 Å². The van der Waals surface area contributed by atoms with Crippen LogP contribution in [-0.2, 0) is 4.74 Å². The number of anilines is 1. The standard InChI is InChI=1S/C34H40ClFN6O2/c1-21-5-2-3-6-22(21)15-23(37)7-12-28-30(35)16-29-32(31(28)36)39-34(40-33(29)41-17-24-8-9-25(18-41)38-24)44-14-4-13-42-26-10-11-27(42)20-43-19-26/h2-3,5-7,12,15-16,24-27,38H,4,8-11,13-14,17-20,37H2,1H3/b12-7+,23-15+. The number of allylic oxidation sites excluding steroid dienone is 1. The van der Waals surface area contributed by atoms with Gasteiger partial charge >= 0.3 is 6.01 Å². The molecule has 0 spiro atoms. The Morgan fingerprint density at radius 1 is 1.14 bits per heavy atom. The van der Waals surface area contributed by atoms with Crippen molar-refractivity contribution in [3.63, 3.8) is 0 Å². The predicted octanol–water partition coefficient (Wildman–Crippen LogP) is 5.32. The summed E-state index contributed by atoms with van der Waals surface area (Å²) in [5.74, 6) is 0.161. The number of nitrogens with zero attached hydrogens (tertiary/aromatic N) is 4. The first-order chi connectivity index (χ1) is 21.4. The lowest BCUT2D eigenvalue weighted by atomic mass is 10.1. The number of benzene rings is 2. The maximum atomic E-state index is 16.3. The van der Waals surface area contributed by atoms with E-state index in [1.54, 1.807) is 18.2 Å². The summed E-state index contributed by atoms with van der Waals surface area (Å²) in [6.07, 6.45) is 10.6. The quantitative estimate of drug-likeness (QED) is 0.246. The topological polar surface area (TPSA) is 88.8 Å². The third-order valence-corrected chi connectivity index (χ3v) is 9.84. The molecule has 4 aliphatic rings. The number of ether oxygens (including phenoxy) is 2. The largest absolute Gasteiger partial charge is 0.463 e. The molecule has 2 aromatic carbocycles. The summed E-state index contributed by atoms with van der Waals surface area (Å²) in [7, 11) is 0. The van der Waals surface area contributed by atoms with Crippen molar-refractivity contribution >= 4 is 40.5 Å². The summed E-state index contributed by atoms with van der Waals surface area (Å²) in [6.45, 7) is 6.63. The van der Waals surface area contributed by atoms with E-state index in [1.807, 2.05) is 37.3 Å². The molecule has 3 aromatic rings. The normalized spacial score (nSPS) is 25.4. The van der Waals surface area contributed by atoms with Crippen LogP contribution < -0.4 is 20.7 Å². The number of aromatic nitrogens is 2. The van der Waals surface area contributed by atoms with Crippen LogP contribution in [0, 0.1) is 12.7 Å². The number of nitrogens with one attached hydrogen (secondary N) is 1. The van der Waals surface area contributed by atoms with E-state index in [4.69, 9.17) is 31.8 Å². The zero-order valence-corrected chi connectivity index (χ0v) is 25.9. The van der Waals surface area contributed by atoms with Crippen molar-refractivity contribution in [1.29, 1.82) is 0 Å². The van der Waals surface area contributed by atoms with Crippen molar-refractivity contribution in [2.75, 3.05) is 44.4 Å². The summed E-state index contributed by atoms with van der Waals surface area (Å²) in [4.78, 5) is 14.2. The van der Waals surface area contributed by atoms with Gasteiger partial charge in [-0.3, -0.25) is 4.90 Å². The third-order valence-electron chi connectivity index (χ3n) is 9.53. The summed E-state index contributed by atoms with van der Waals surface area (Å²) >= 11 is 6.72. The van der Waals surface area contributed by atoms with Gasteiger partial charge in [0.1, 0.15) is 11.3 Å². The number of piperazine rings is 1. The first-order valence-electron chi connectivity index (χ1n) is 15.8. The zero-order chi connectivity index (χ0) is 30.2. The molecule has 4 bridgehead atoms. The first kappa shape index (κ1) is 29.5. The minimum atomic E-state index is -0.510. The molecule has 44 heavy (non-hydrogen) atoms. The smallest absolute Gasteiger partial charge is 0.319 e. The second-order valence-electron chi connectivity index (χ2n) is 12.6. The molecule has 4 atom stereocenters. The molecule has 7 rings (SSSR count). The Bertz CT molecular complexity index is 1570. The maximum absolute atomic E-state index is 16.3. The number of hydrogen-bond acceptors (Lipinski definition) is 8. The summed E-state index contributed by atoms with van der Waals surface area (Å²) in [5.41, 5.74) is 9.34. The lowest BCUT2D eigenvalue weighted by Gasteiger charge is -2.34. The van der Waals surface area contributed by atoms with Crippen molar-refractivity contribution in [2.24, 2.45) is 5.73 Å². The number of morpholine rings is 1. The van der Waals surface area contributed by atoms with Gasteiger partial charge < -0.3 is 25.4 Å². The van der Waals surface area contributed by atoms with E-state index in [0.717, 1.165) is 63.2 Å². The fourth-order valence-electron chi connectivity index (χ4n) is 7.25. The van der Waals surface area contributed by atoms with Gasteiger partial charge in [-0.05, 0) is 74.4 Å². The average molecular weight is 619 g/mol. The molecule has 4 fully saturated rings. The Hall–Kier alpha value is -3.24. The molecule has 0 saturated carbocycles. The van der Waals surface area contributed by atoms with E-state index < -0.39 is 5.82 Å². The maximum Gasteiger partial charge on any atom is 0.319 e. The Morgan fingerprint density at radius 3 is 2.64 bits per heavy atom.